The first kappa shape index (κ1) is 18.8. The van der Waals surface area contributed by atoms with Gasteiger partial charge in [-0.15, -0.1) is 0 Å². The van der Waals surface area contributed by atoms with Gasteiger partial charge in [-0.2, -0.15) is 0 Å². The van der Waals surface area contributed by atoms with Crippen LogP contribution in [0.15, 0.2) is 69.9 Å². The topological polar surface area (TPSA) is 79.9 Å². The second-order valence-corrected chi connectivity index (χ2v) is 5.69. The molecule has 0 spiro atoms. The predicted molar refractivity (Wildman–Crippen MR) is 104 cm³/mol. The summed E-state index contributed by atoms with van der Waals surface area (Å²) < 4.78 is 10.7. The molecule has 0 amide bonds. The Balaban J connectivity index is 1.63. The molecule has 3 rings (SSSR count). The summed E-state index contributed by atoms with van der Waals surface area (Å²) in [5.74, 6) is 11.5. The highest BCUT2D eigenvalue weighted by atomic mass is 16.5. The minimum Gasteiger partial charge on any atom is -0.502 e. The fourth-order valence-electron chi connectivity index (χ4n) is 2.28. The van der Waals surface area contributed by atoms with Gasteiger partial charge >= 0.3 is 0 Å². The summed E-state index contributed by atoms with van der Waals surface area (Å²) in [6.45, 7) is -0.592. The van der Waals surface area contributed by atoms with Gasteiger partial charge < -0.3 is 19.4 Å². The highest BCUT2D eigenvalue weighted by Gasteiger charge is 2.11. The van der Waals surface area contributed by atoms with Crippen LogP contribution in [0.3, 0.4) is 0 Å². The van der Waals surface area contributed by atoms with Gasteiger partial charge in [0.15, 0.2) is 5.76 Å². The Morgan fingerprint density at radius 2 is 1.57 bits per heavy atom. The van der Waals surface area contributed by atoms with Crippen molar-refractivity contribution in [3.63, 3.8) is 0 Å². The van der Waals surface area contributed by atoms with E-state index in [4.69, 9.17) is 14.3 Å². The number of aliphatic hydroxyl groups is 1. The molecule has 1 heterocycles. The quantitative estimate of drug-likeness (QED) is 0.689. The second kappa shape index (κ2) is 9.14. The molecule has 0 saturated carbocycles. The van der Waals surface area contributed by atoms with E-state index >= 15 is 0 Å². The first-order chi connectivity index (χ1) is 13.7. The highest BCUT2D eigenvalue weighted by molar-refractivity contribution is 5.45. The van der Waals surface area contributed by atoms with Gasteiger partial charge in [-0.3, -0.25) is 4.79 Å². The van der Waals surface area contributed by atoms with Crippen molar-refractivity contribution < 1.29 is 19.4 Å². The van der Waals surface area contributed by atoms with Crippen molar-refractivity contribution in [2.45, 2.75) is 13.2 Å². The fraction of sp³-hybridized carbons (Fsp3) is 0.0870. The molecule has 1 aromatic heterocycles. The maximum Gasteiger partial charge on any atom is 0.227 e. The van der Waals surface area contributed by atoms with Crippen LogP contribution in [0.4, 0.5) is 0 Å². The molecule has 3 aromatic rings. The summed E-state index contributed by atoms with van der Waals surface area (Å²) in [5, 5.41) is 18.8. The highest BCUT2D eigenvalue weighted by Crippen LogP contribution is 2.18. The number of aliphatic hydroxyl groups excluding tert-OH is 1. The van der Waals surface area contributed by atoms with Crippen molar-refractivity contribution in [2.75, 3.05) is 0 Å². The molecule has 0 aliphatic rings. The zero-order valence-electron chi connectivity index (χ0n) is 14.8. The fourth-order valence-corrected chi connectivity index (χ4v) is 2.28. The molecule has 5 heteroatoms. The molecule has 0 atom stereocenters. The summed E-state index contributed by atoms with van der Waals surface area (Å²) in [6.07, 6.45) is 0. The van der Waals surface area contributed by atoms with E-state index in [9.17, 15) is 9.90 Å². The van der Waals surface area contributed by atoms with Crippen molar-refractivity contribution >= 4 is 0 Å². The predicted octanol–water partition coefficient (Wildman–Crippen LogP) is 2.82. The van der Waals surface area contributed by atoms with Gasteiger partial charge in [-0.25, -0.2) is 0 Å². The van der Waals surface area contributed by atoms with Gasteiger partial charge in [-0.05, 0) is 48.2 Å². The van der Waals surface area contributed by atoms with Crippen LogP contribution >= 0.6 is 0 Å². The molecule has 0 fully saturated rings. The first-order valence-corrected chi connectivity index (χ1v) is 8.41. The number of hydrogen-bond acceptors (Lipinski definition) is 5. The number of rotatable bonds is 4. The normalized spacial score (nSPS) is 9.61. The molecule has 28 heavy (non-hydrogen) atoms. The number of ether oxygens (including phenoxy) is 1. The van der Waals surface area contributed by atoms with Crippen molar-refractivity contribution in [3.8, 4) is 35.2 Å². The molecule has 0 radical (unpaired) electrons. The van der Waals surface area contributed by atoms with Gasteiger partial charge in [0.2, 0.25) is 11.2 Å². The van der Waals surface area contributed by atoms with Crippen LogP contribution in [0.1, 0.15) is 22.6 Å². The lowest BCUT2D eigenvalue weighted by molar-refractivity contribution is 0.210. The van der Waals surface area contributed by atoms with E-state index in [2.05, 4.69) is 23.7 Å². The molecule has 0 aliphatic carbocycles. The maximum absolute atomic E-state index is 11.6. The number of hydrogen-bond donors (Lipinski definition) is 2. The zero-order valence-corrected chi connectivity index (χ0v) is 14.8. The van der Waals surface area contributed by atoms with E-state index in [1.54, 1.807) is 24.3 Å². The van der Waals surface area contributed by atoms with E-state index in [0.717, 1.165) is 17.2 Å². The van der Waals surface area contributed by atoms with Gasteiger partial charge in [0.1, 0.15) is 24.7 Å². The Hall–Kier alpha value is -3.93. The van der Waals surface area contributed by atoms with Crippen LogP contribution in [0.25, 0.3) is 0 Å². The van der Waals surface area contributed by atoms with Crippen LogP contribution in [-0.2, 0) is 13.2 Å². The summed E-state index contributed by atoms with van der Waals surface area (Å²) in [4.78, 5) is 11.6. The van der Waals surface area contributed by atoms with E-state index < -0.39 is 17.8 Å². The third-order valence-electron chi connectivity index (χ3n) is 3.67. The zero-order chi connectivity index (χ0) is 19.8. The summed E-state index contributed by atoms with van der Waals surface area (Å²) in [7, 11) is 0. The van der Waals surface area contributed by atoms with Crippen LogP contribution in [0.2, 0.25) is 0 Å². The standard InChI is InChI=1S/C23H16O5/c24-15-20-14-21(25)23(26)22(28-20)16-27-19-12-10-18(11-13-19)9-5-4-8-17-6-2-1-3-7-17/h1-3,6-7,10-14,24,26H,15-16H2. The monoisotopic (exact) mass is 372 g/mol. The van der Waals surface area contributed by atoms with Crippen molar-refractivity contribution in [3.05, 3.63) is 93.5 Å². The van der Waals surface area contributed by atoms with E-state index in [1.165, 1.54) is 0 Å². The SMILES string of the molecule is O=c1cc(CO)oc(COc2ccc(C#CC#Cc3ccccc3)cc2)c1O. The van der Waals surface area contributed by atoms with Crippen LogP contribution in [0, 0.1) is 23.7 Å². The molecular formula is C23H16O5. The molecular weight excluding hydrogens is 356 g/mol. The maximum atomic E-state index is 11.6. The van der Waals surface area contributed by atoms with Crippen molar-refractivity contribution in [1.29, 1.82) is 0 Å². The molecule has 0 unspecified atom stereocenters. The van der Waals surface area contributed by atoms with Crippen molar-refractivity contribution in [1.82, 2.24) is 0 Å². The lowest BCUT2D eigenvalue weighted by Crippen LogP contribution is -2.07. The molecule has 5 nitrogen and oxygen atoms in total. The average Bonchev–Trinajstić information content (AvgIpc) is 2.73. The first-order valence-electron chi connectivity index (χ1n) is 8.41. The van der Waals surface area contributed by atoms with Gasteiger partial charge in [0, 0.05) is 17.2 Å². The van der Waals surface area contributed by atoms with Crippen LogP contribution < -0.4 is 10.2 Å². The molecule has 2 N–H and O–H groups in total. The lowest BCUT2D eigenvalue weighted by Gasteiger charge is -2.08. The Morgan fingerprint density at radius 3 is 2.21 bits per heavy atom. The summed E-state index contributed by atoms with van der Waals surface area (Å²) in [5.41, 5.74) is 1.04. The number of aromatic hydroxyl groups is 1. The molecule has 0 saturated heterocycles. The minimum absolute atomic E-state index is 0.0448. The Bertz CT molecular complexity index is 1120. The second-order valence-electron chi connectivity index (χ2n) is 5.69. The van der Waals surface area contributed by atoms with Gasteiger partial charge in [0.05, 0.1) is 0 Å². The Kier molecular flexibility index (Phi) is 6.15. The van der Waals surface area contributed by atoms with E-state index in [0.29, 0.717) is 5.75 Å². The largest absolute Gasteiger partial charge is 0.502 e. The smallest absolute Gasteiger partial charge is 0.227 e. The lowest BCUT2D eigenvalue weighted by atomic mass is 10.2. The molecule has 138 valence electrons. The van der Waals surface area contributed by atoms with Crippen molar-refractivity contribution in [2.24, 2.45) is 0 Å². The summed E-state index contributed by atoms with van der Waals surface area (Å²) >= 11 is 0. The third-order valence-corrected chi connectivity index (χ3v) is 3.67. The van der Waals surface area contributed by atoms with E-state index in [-0.39, 0.29) is 18.1 Å². The van der Waals surface area contributed by atoms with E-state index in [1.807, 2.05) is 30.3 Å². The number of benzene rings is 2. The molecule has 2 aromatic carbocycles. The summed E-state index contributed by atoms with van der Waals surface area (Å²) in [6, 6.07) is 17.6. The van der Waals surface area contributed by atoms with Crippen LogP contribution in [0.5, 0.6) is 11.5 Å². The van der Waals surface area contributed by atoms with Gasteiger partial charge in [0.25, 0.3) is 0 Å². The molecule has 0 aliphatic heterocycles. The minimum atomic E-state index is -0.629. The third kappa shape index (κ3) is 5.04. The van der Waals surface area contributed by atoms with Gasteiger partial charge in [-0.1, -0.05) is 30.0 Å². The average molecular weight is 372 g/mol. The van der Waals surface area contributed by atoms with Crippen LogP contribution in [-0.4, -0.2) is 10.2 Å². The Morgan fingerprint density at radius 1 is 0.929 bits per heavy atom. The Labute approximate surface area is 161 Å². The molecule has 0 bridgehead atoms.